The Morgan fingerprint density at radius 2 is 2.10 bits per heavy atom. The van der Waals surface area contributed by atoms with E-state index in [0.29, 0.717) is 15.5 Å². The molecule has 3 unspecified atom stereocenters. The van der Waals surface area contributed by atoms with Crippen LogP contribution in [0.3, 0.4) is 0 Å². The molecule has 3 atom stereocenters. The number of hydrogen-bond donors (Lipinski definition) is 1. The SMILES string of the molecule is CCCNCC1(Cc2ccc(Cl)c(Cl)c2)CC2CCC1C2. The highest BCUT2D eigenvalue weighted by atomic mass is 35.5. The maximum atomic E-state index is 6.20. The summed E-state index contributed by atoms with van der Waals surface area (Å²) in [6, 6.07) is 6.17. The van der Waals surface area contributed by atoms with E-state index in [0.717, 1.165) is 31.3 Å². The zero-order valence-corrected chi connectivity index (χ0v) is 14.3. The van der Waals surface area contributed by atoms with Crippen LogP contribution in [0.1, 0.15) is 44.6 Å². The lowest BCUT2D eigenvalue weighted by molar-refractivity contribution is 0.156. The van der Waals surface area contributed by atoms with Crippen LogP contribution in [-0.2, 0) is 6.42 Å². The van der Waals surface area contributed by atoms with Crippen molar-refractivity contribution in [3.05, 3.63) is 33.8 Å². The minimum absolute atomic E-state index is 0.440. The molecule has 0 saturated heterocycles. The lowest BCUT2D eigenvalue weighted by Crippen LogP contribution is -2.40. The highest BCUT2D eigenvalue weighted by molar-refractivity contribution is 6.42. The fourth-order valence-electron chi connectivity index (χ4n) is 4.62. The first kappa shape index (κ1) is 15.6. The van der Waals surface area contributed by atoms with Gasteiger partial charge in [-0.05, 0) is 73.6 Å². The lowest BCUT2D eigenvalue weighted by Gasteiger charge is -2.38. The summed E-state index contributed by atoms with van der Waals surface area (Å²) in [5.74, 6) is 1.85. The summed E-state index contributed by atoms with van der Waals surface area (Å²) < 4.78 is 0. The predicted molar refractivity (Wildman–Crippen MR) is 91.2 cm³/mol. The van der Waals surface area contributed by atoms with Gasteiger partial charge in [0.2, 0.25) is 0 Å². The van der Waals surface area contributed by atoms with Crippen LogP contribution in [0.2, 0.25) is 10.0 Å². The van der Waals surface area contributed by atoms with E-state index in [4.69, 9.17) is 23.2 Å². The molecule has 2 saturated carbocycles. The molecule has 1 N–H and O–H groups in total. The second-order valence-corrected chi connectivity index (χ2v) is 7.86. The zero-order chi connectivity index (χ0) is 14.9. The molecule has 0 spiro atoms. The van der Waals surface area contributed by atoms with E-state index >= 15 is 0 Å². The van der Waals surface area contributed by atoms with E-state index in [-0.39, 0.29) is 0 Å². The first-order valence-corrected chi connectivity index (χ1v) is 9.03. The van der Waals surface area contributed by atoms with Crippen molar-refractivity contribution < 1.29 is 0 Å². The third-order valence-corrected chi connectivity index (χ3v) is 6.29. The molecule has 116 valence electrons. The summed E-state index contributed by atoms with van der Waals surface area (Å²) in [7, 11) is 0. The van der Waals surface area contributed by atoms with Crippen LogP contribution >= 0.6 is 23.2 Å². The number of hydrogen-bond acceptors (Lipinski definition) is 1. The van der Waals surface area contributed by atoms with E-state index < -0.39 is 0 Å². The fraction of sp³-hybridized carbons (Fsp3) is 0.667. The third-order valence-electron chi connectivity index (χ3n) is 5.55. The number of halogens is 2. The van der Waals surface area contributed by atoms with Gasteiger partial charge in [0.25, 0.3) is 0 Å². The molecule has 0 aliphatic heterocycles. The number of benzene rings is 1. The van der Waals surface area contributed by atoms with Crippen molar-refractivity contribution in [1.29, 1.82) is 0 Å². The number of fused-ring (bicyclic) bond motifs is 2. The predicted octanol–water partition coefficient (Wildman–Crippen LogP) is 5.34. The summed E-state index contributed by atoms with van der Waals surface area (Å²) in [6.07, 6.45) is 8.03. The number of nitrogens with one attached hydrogen (secondary N) is 1. The van der Waals surface area contributed by atoms with Gasteiger partial charge in [-0.15, -0.1) is 0 Å². The number of rotatable bonds is 6. The summed E-state index contributed by atoms with van der Waals surface area (Å²) in [6.45, 7) is 4.52. The molecule has 0 radical (unpaired) electrons. The quantitative estimate of drug-likeness (QED) is 0.696. The van der Waals surface area contributed by atoms with Crippen LogP contribution in [0.5, 0.6) is 0 Å². The van der Waals surface area contributed by atoms with E-state index in [1.807, 2.05) is 6.07 Å². The van der Waals surface area contributed by atoms with Crippen LogP contribution in [0.15, 0.2) is 18.2 Å². The molecule has 1 nitrogen and oxygen atoms in total. The van der Waals surface area contributed by atoms with Crippen LogP contribution in [-0.4, -0.2) is 13.1 Å². The zero-order valence-electron chi connectivity index (χ0n) is 12.8. The van der Waals surface area contributed by atoms with E-state index in [9.17, 15) is 0 Å². The van der Waals surface area contributed by atoms with Gasteiger partial charge in [0, 0.05) is 6.54 Å². The third kappa shape index (κ3) is 3.25. The van der Waals surface area contributed by atoms with E-state index in [2.05, 4.69) is 24.4 Å². The Balaban J connectivity index is 1.77. The van der Waals surface area contributed by atoms with Gasteiger partial charge in [-0.1, -0.05) is 42.6 Å². The maximum Gasteiger partial charge on any atom is 0.0595 e. The van der Waals surface area contributed by atoms with Crippen molar-refractivity contribution in [2.75, 3.05) is 13.1 Å². The highest BCUT2D eigenvalue weighted by Gasteiger charge is 2.50. The van der Waals surface area contributed by atoms with Crippen molar-refractivity contribution >= 4 is 23.2 Å². The molecule has 1 aromatic carbocycles. The molecule has 0 amide bonds. The van der Waals surface area contributed by atoms with Crippen molar-refractivity contribution in [3.63, 3.8) is 0 Å². The van der Waals surface area contributed by atoms with Crippen LogP contribution in [0.25, 0.3) is 0 Å². The van der Waals surface area contributed by atoms with Gasteiger partial charge in [0.1, 0.15) is 0 Å². The molecule has 21 heavy (non-hydrogen) atoms. The summed E-state index contributed by atoms with van der Waals surface area (Å²) in [5.41, 5.74) is 1.78. The topological polar surface area (TPSA) is 12.0 Å². The maximum absolute atomic E-state index is 6.20. The Morgan fingerprint density at radius 1 is 1.24 bits per heavy atom. The smallest absolute Gasteiger partial charge is 0.0595 e. The molecule has 2 aliphatic rings. The molecule has 3 rings (SSSR count). The largest absolute Gasteiger partial charge is 0.316 e. The monoisotopic (exact) mass is 325 g/mol. The molecule has 0 aromatic heterocycles. The minimum atomic E-state index is 0.440. The standard InChI is InChI=1S/C18H25Cl2N/c1-2-7-21-12-18(10-13-3-5-15(18)8-13)11-14-4-6-16(19)17(20)9-14/h4,6,9,13,15,21H,2-3,5,7-8,10-12H2,1H3. The van der Waals surface area contributed by atoms with Gasteiger partial charge < -0.3 is 5.32 Å². The first-order valence-electron chi connectivity index (χ1n) is 8.27. The van der Waals surface area contributed by atoms with Gasteiger partial charge in [-0.25, -0.2) is 0 Å². The molecular weight excluding hydrogens is 301 g/mol. The molecule has 0 heterocycles. The average molecular weight is 326 g/mol. The Kier molecular flexibility index (Phi) is 4.83. The first-order chi connectivity index (χ1) is 10.1. The minimum Gasteiger partial charge on any atom is -0.316 e. The highest BCUT2D eigenvalue weighted by Crippen LogP contribution is 2.57. The van der Waals surface area contributed by atoms with E-state index in [1.165, 1.54) is 37.7 Å². The Hall–Kier alpha value is -0.240. The van der Waals surface area contributed by atoms with Crippen LogP contribution in [0.4, 0.5) is 0 Å². The van der Waals surface area contributed by atoms with Crippen LogP contribution < -0.4 is 5.32 Å². The van der Waals surface area contributed by atoms with Gasteiger partial charge in [0.15, 0.2) is 0 Å². The van der Waals surface area contributed by atoms with Crippen molar-refractivity contribution in [2.24, 2.45) is 17.3 Å². The van der Waals surface area contributed by atoms with Crippen LogP contribution in [0, 0.1) is 17.3 Å². The van der Waals surface area contributed by atoms with Gasteiger partial charge >= 0.3 is 0 Å². The molecule has 3 heteroatoms. The second-order valence-electron chi connectivity index (χ2n) is 7.04. The molecule has 2 fully saturated rings. The fourth-order valence-corrected chi connectivity index (χ4v) is 4.94. The summed E-state index contributed by atoms with van der Waals surface area (Å²) in [5, 5.41) is 5.04. The Morgan fingerprint density at radius 3 is 2.71 bits per heavy atom. The normalized spacial score (nSPS) is 31.0. The van der Waals surface area contributed by atoms with Gasteiger partial charge in [-0.2, -0.15) is 0 Å². The molecule has 2 aliphatic carbocycles. The average Bonchev–Trinajstić information content (AvgIpc) is 3.04. The Labute approximate surface area is 138 Å². The van der Waals surface area contributed by atoms with Crippen molar-refractivity contribution in [3.8, 4) is 0 Å². The van der Waals surface area contributed by atoms with Crippen molar-refractivity contribution in [1.82, 2.24) is 5.32 Å². The Bertz CT molecular complexity index is 502. The van der Waals surface area contributed by atoms with Crippen molar-refractivity contribution in [2.45, 2.75) is 45.4 Å². The molecule has 1 aromatic rings. The summed E-state index contributed by atoms with van der Waals surface area (Å²) in [4.78, 5) is 0. The lowest BCUT2D eigenvalue weighted by atomic mass is 9.69. The van der Waals surface area contributed by atoms with E-state index in [1.54, 1.807) is 0 Å². The van der Waals surface area contributed by atoms with Gasteiger partial charge in [0.05, 0.1) is 10.0 Å². The second kappa shape index (κ2) is 6.48. The summed E-state index contributed by atoms with van der Waals surface area (Å²) >= 11 is 12.3. The van der Waals surface area contributed by atoms with Gasteiger partial charge in [-0.3, -0.25) is 0 Å². The molecular formula is C18H25Cl2N. The molecule has 2 bridgehead atoms.